The summed E-state index contributed by atoms with van der Waals surface area (Å²) in [5.74, 6) is 0.219. The van der Waals surface area contributed by atoms with Crippen LogP contribution in [0.5, 0.6) is 5.75 Å². The Morgan fingerprint density at radius 1 is 1.22 bits per heavy atom. The molecule has 23 heavy (non-hydrogen) atoms. The summed E-state index contributed by atoms with van der Waals surface area (Å²) in [7, 11) is 0. The molecule has 0 atom stereocenters. The van der Waals surface area contributed by atoms with Crippen molar-refractivity contribution in [3.8, 4) is 5.75 Å². The van der Waals surface area contributed by atoms with Crippen molar-refractivity contribution < 1.29 is 9.90 Å². The van der Waals surface area contributed by atoms with Gasteiger partial charge in [0.15, 0.2) is 5.78 Å². The van der Waals surface area contributed by atoms with E-state index >= 15 is 0 Å². The molecule has 0 radical (unpaired) electrons. The number of aryl methyl sites for hydroxylation is 2. The van der Waals surface area contributed by atoms with Gasteiger partial charge >= 0.3 is 0 Å². The largest absolute Gasteiger partial charge is 0.508 e. The van der Waals surface area contributed by atoms with Gasteiger partial charge in [0.1, 0.15) is 5.75 Å². The summed E-state index contributed by atoms with van der Waals surface area (Å²) in [6.07, 6.45) is 4.33. The number of carbonyl (C=O) groups excluding carboxylic acids is 1. The molecule has 0 amide bonds. The molecule has 0 heterocycles. The van der Waals surface area contributed by atoms with Crippen molar-refractivity contribution in [3.63, 3.8) is 0 Å². The van der Waals surface area contributed by atoms with Gasteiger partial charge in [-0.15, -0.1) is 11.8 Å². The summed E-state index contributed by atoms with van der Waals surface area (Å²) in [5.41, 5.74) is 3.71. The minimum Gasteiger partial charge on any atom is -0.508 e. The van der Waals surface area contributed by atoms with Crippen LogP contribution in [0.2, 0.25) is 0 Å². The van der Waals surface area contributed by atoms with Gasteiger partial charge in [-0.3, -0.25) is 4.79 Å². The molecule has 0 saturated carbocycles. The van der Waals surface area contributed by atoms with E-state index in [0.29, 0.717) is 5.56 Å². The second kappa shape index (κ2) is 7.88. The Hall–Kier alpha value is -2.20. The maximum absolute atomic E-state index is 12.4. The molecule has 0 fully saturated rings. The lowest BCUT2D eigenvalue weighted by atomic mass is 10.1. The third-order valence-corrected chi connectivity index (χ3v) is 4.21. The van der Waals surface area contributed by atoms with Crippen LogP contribution in [0.25, 0.3) is 0 Å². The van der Waals surface area contributed by atoms with E-state index in [2.05, 4.69) is 5.32 Å². The number of anilines is 1. The van der Waals surface area contributed by atoms with Crippen LogP contribution in [0.15, 0.2) is 53.6 Å². The molecule has 120 valence electrons. The Morgan fingerprint density at radius 2 is 1.91 bits per heavy atom. The number of phenols is 1. The first-order valence-corrected chi connectivity index (χ1v) is 8.71. The number of allylic oxidation sites excluding steroid dienone is 1. The number of nitrogens with one attached hydrogen (secondary N) is 1. The van der Waals surface area contributed by atoms with Gasteiger partial charge in [-0.25, -0.2) is 0 Å². The average Bonchev–Trinajstić information content (AvgIpc) is 2.56. The van der Waals surface area contributed by atoms with Crippen molar-refractivity contribution >= 4 is 23.2 Å². The van der Waals surface area contributed by atoms with Crippen molar-refractivity contribution in [1.29, 1.82) is 0 Å². The predicted molar refractivity (Wildman–Crippen MR) is 98.2 cm³/mol. The smallest absolute Gasteiger partial charge is 0.188 e. The van der Waals surface area contributed by atoms with E-state index in [-0.39, 0.29) is 11.5 Å². The standard InChI is InChI=1S/C19H21NO2S/c1-4-14-11-16(21)9-10-17(14)20-19(23-3)12-18(22)15-7-5-13(2)6-8-15/h5-12,20-21H,4H2,1-3H3/b19-12-. The first kappa shape index (κ1) is 17.2. The van der Waals surface area contributed by atoms with Gasteiger partial charge in [0.2, 0.25) is 0 Å². The van der Waals surface area contributed by atoms with Crippen LogP contribution in [0.3, 0.4) is 0 Å². The summed E-state index contributed by atoms with van der Waals surface area (Å²) >= 11 is 1.48. The number of hydrogen-bond acceptors (Lipinski definition) is 4. The fraction of sp³-hybridized carbons (Fsp3) is 0.211. The lowest BCUT2D eigenvalue weighted by Crippen LogP contribution is -2.03. The highest BCUT2D eigenvalue weighted by atomic mass is 32.2. The number of aromatic hydroxyl groups is 1. The van der Waals surface area contributed by atoms with E-state index < -0.39 is 0 Å². The molecule has 0 spiro atoms. The zero-order valence-electron chi connectivity index (χ0n) is 13.6. The van der Waals surface area contributed by atoms with Gasteiger partial charge in [-0.2, -0.15) is 0 Å². The Kier molecular flexibility index (Phi) is 5.88. The number of rotatable bonds is 6. The molecule has 0 aliphatic heterocycles. The maximum atomic E-state index is 12.4. The fourth-order valence-corrected chi connectivity index (χ4v) is 2.63. The Balaban J connectivity index is 2.22. The molecule has 0 bridgehead atoms. The molecular formula is C19H21NO2S. The second-order valence-corrected chi connectivity index (χ2v) is 6.11. The molecular weight excluding hydrogens is 306 g/mol. The fourth-order valence-electron chi connectivity index (χ4n) is 2.19. The Morgan fingerprint density at radius 3 is 2.52 bits per heavy atom. The zero-order chi connectivity index (χ0) is 16.8. The van der Waals surface area contributed by atoms with Crippen LogP contribution in [-0.2, 0) is 6.42 Å². The number of ketones is 1. The third kappa shape index (κ3) is 4.63. The van der Waals surface area contributed by atoms with Crippen molar-refractivity contribution in [2.45, 2.75) is 20.3 Å². The van der Waals surface area contributed by atoms with Crippen molar-refractivity contribution in [2.75, 3.05) is 11.6 Å². The lowest BCUT2D eigenvalue weighted by molar-refractivity contribution is 0.104. The molecule has 4 heteroatoms. The summed E-state index contributed by atoms with van der Waals surface area (Å²) in [6.45, 7) is 4.02. The van der Waals surface area contributed by atoms with Crippen LogP contribution in [0.4, 0.5) is 5.69 Å². The highest BCUT2D eigenvalue weighted by Crippen LogP contribution is 2.25. The van der Waals surface area contributed by atoms with E-state index in [0.717, 1.165) is 28.3 Å². The van der Waals surface area contributed by atoms with Crippen LogP contribution in [-0.4, -0.2) is 17.1 Å². The molecule has 0 aliphatic rings. The van der Waals surface area contributed by atoms with E-state index in [1.54, 1.807) is 18.2 Å². The highest BCUT2D eigenvalue weighted by Gasteiger charge is 2.07. The first-order chi connectivity index (χ1) is 11.0. The molecule has 2 aromatic rings. The van der Waals surface area contributed by atoms with Gasteiger partial charge in [-0.05, 0) is 43.4 Å². The quantitative estimate of drug-likeness (QED) is 0.456. The molecule has 2 aromatic carbocycles. The van der Waals surface area contributed by atoms with Crippen LogP contribution >= 0.6 is 11.8 Å². The van der Waals surface area contributed by atoms with Crippen molar-refractivity contribution in [3.05, 3.63) is 70.3 Å². The number of phenolic OH excluding ortho intramolecular Hbond substituents is 1. The lowest BCUT2D eigenvalue weighted by Gasteiger charge is -2.13. The maximum Gasteiger partial charge on any atom is 0.188 e. The topological polar surface area (TPSA) is 49.3 Å². The van der Waals surface area contributed by atoms with Crippen LogP contribution in [0.1, 0.15) is 28.4 Å². The van der Waals surface area contributed by atoms with Crippen molar-refractivity contribution in [1.82, 2.24) is 0 Å². The van der Waals surface area contributed by atoms with E-state index in [1.165, 1.54) is 11.8 Å². The van der Waals surface area contributed by atoms with Gasteiger partial charge in [0.25, 0.3) is 0 Å². The molecule has 2 N–H and O–H groups in total. The second-order valence-electron chi connectivity index (χ2n) is 5.26. The Labute approximate surface area is 141 Å². The molecule has 3 nitrogen and oxygen atoms in total. The van der Waals surface area contributed by atoms with E-state index in [4.69, 9.17) is 0 Å². The van der Waals surface area contributed by atoms with E-state index in [1.807, 2.05) is 50.4 Å². The molecule has 0 saturated heterocycles. The number of carbonyl (C=O) groups is 1. The van der Waals surface area contributed by atoms with E-state index in [9.17, 15) is 9.90 Å². The average molecular weight is 327 g/mol. The Bertz CT molecular complexity index is 721. The number of thioether (sulfide) groups is 1. The molecule has 0 unspecified atom stereocenters. The van der Waals surface area contributed by atoms with Gasteiger partial charge < -0.3 is 10.4 Å². The first-order valence-electron chi connectivity index (χ1n) is 7.49. The predicted octanol–water partition coefficient (Wildman–Crippen LogP) is 4.76. The number of hydrogen-bond donors (Lipinski definition) is 2. The molecule has 0 aromatic heterocycles. The zero-order valence-corrected chi connectivity index (χ0v) is 14.4. The van der Waals surface area contributed by atoms with Gasteiger partial charge in [0, 0.05) is 17.3 Å². The number of benzene rings is 2. The molecule has 2 rings (SSSR count). The SMILES string of the molecule is CCc1cc(O)ccc1N/C(=C/C(=O)c1ccc(C)cc1)SC. The minimum atomic E-state index is -0.0290. The third-order valence-electron chi connectivity index (χ3n) is 3.55. The van der Waals surface area contributed by atoms with Crippen molar-refractivity contribution in [2.24, 2.45) is 0 Å². The highest BCUT2D eigenvalue weighted by molar-refractivity contribution is 8.02. The van der Waals surface area contributed by atoms with Crippen LogP contribution < -0.4 is 5.32 Å². The monoisotopic (exact) mass is 327 g/mol. The van der Waals surface area contributed by atoms with Gasteiger partial charge in [0.05, 0.1) is 5.03 Å². The summed E-state index contributed by atoms with van der Waals surface area (Å²) < 4.78 is 0. The summed E-state index contributed by atoms with van der Waals surface area (Å²) in [6, 6.07) is 12.7. The van der Waals surface area contributed by atoms with Gasteiger partial charge in [-0.1, -0.05) is 36.8 Å². The van der Waals surface area contributed by atoms with Crippen LogP contribution in [0, 0.1) is 6.92 Å². The molecule has 0 aliphatic carbocycles. The normalized spacial score (nSPS) is 11.3. The summed E-state index contributed by atoms with van der Waals surface area (Å²) in [5, 5.41) is 13.6. The minimum absolute atomic E-state index is 0.0290. The summed E-state index contributed by atoms with van der Waals surface area (Å²) in [4.78, 5) is 12.4.